The Balaban J connectivity index is 2.16. The lowest BCUT2D eigenvalue weighted by atomic mass is 9.96. The van der Waals surface area contributed by atoms with Gasteiger partial charge in [-0.2, -0.15) is 0 Å². The molecule has 0 fully saturated rings. The van der Waals surface area contributed by atoms with E-state index >= 15 is 0 Å². The van der Waals surface area contributed by atoms with Gasteiger partial charge in [0.2, 0.25) is 0 Å². The van der Waals surface area contributed by atoms with Gasteiger partial charge in [0, 0.05) is 11.9 Å². The van der Waals surface area contributed by atoms with Crippen LogP contribution in [0.2, 0.25) is 0 Å². The van der Waals surface area contributed by atoms with Crippen LogP contribution in [0.15, 0.2) is 42.6 Å². The number of nitrogens with one attached hydrogen (secondary N) is 1. The fourth-order valence-electron chi connectivity index (χ4n) is 2.40. The summed E-state index contributed by atoms with van der Waals surface area (Å²) < 4.78 is 0. The maximum absolute atomic E-state index is 5.72. The zero-order valence-electron chi connectivity index (χ0n) is 12.4. The summed E-state index contributed by atoms with van der Waals surface area (Å²) in [6, 6.07) is 12.9. The van der Waals surface area contributed by atoms with Gasteiger partial charge >= 0.3 is 0 Å². The minimum Gasteiger partial charge on any atom is -0.271 e. The summed E-state index contributed by atoms with van der Waals surface area (Å²) in [4.78, 5) is 4.33. The Morgan fingerprint density at radius 1 is 1.15 bits per heavy atom. The van der Waals surface area contributed by atoms with Crippen molar-refractivity contribution in [1.82, 2.24) is 10.4 Å². The minimum atomic E-state index is 0.0913. The minimum absolute atomic E-state index is 0.0913. The highest BCUT2D eigenvalue weighted by atomic mass is 15.2. The van der Waals surface area contributed by atoms with Gasteiger partial charge in [0.1, 0.15) is 0 Å². The predicted molar refractivity (Wildman–Crippen MR) is 83.3 cm³/mol. The second-order valence-corrected chi connectivity index (χ2v) is 5.50. The molecular weight excluding hydrogens is 246 g/mol. The highest BCUT2D eigenvalue weighted by Crippen LogP contribution is 2.21. The van der Waals surface area contributed by atoms with E-state index in [-0.39, 0.29) is 6.04 Å². The SMILES string of the molecule is Cc1ncccc1C(Cc1ccc(C(C)C)cc1)NN. The van der Waals surface area contributed by atoms with Crippen molar-refractivity contribution in [2.24, 2.45) is 5.84 Å². The molecule has 3 N–H and O–H groups in total. The quantitative estimate of drug-likeness (QED) is 0.647. The third-order valence-corrected chi connectivity index (χ3v) is 3.71. The lowest BCUT2D eigenvalue weighted by Crippen LogP contribution is -2.30. The van der Waals surface area contributed by atoms with E-state index in [1.54, 1.807) is 0 Å². The van der Waals surface area contributed by atoms with Gasteiger partial charge in [0.15, 0.2) is 0 Å². The molecule has 0 saturated heterocycles. The summed E-state index contributed by atoms with van der Waals surface area (Å²) in [6.07, 6.45) is 2.67. The third-order valence-electron chi connectivity index (χ3n) is 3.71. The predicted octanol–water partition coefficient (Wildman–Crippen LogP) is 3.26. The lowest BCUT2D eigenvalue weighted by Gasteiger charge is -2.18. The van der Waals surface area contributed by atoms with E-state index in [1.807, 2.05) is 19.2 Å². The van der Waals surface area contributed by atoms with Crippen LogP contribution in [-0.2, 0) is 6.42 Å². The van der Waals surface area contributed by atoms with Crippen LogP contribution in [0.5, 0.6) is 0 Å². The molecule has 1 aromatic heterocycles. The molecule has 2 aromatic rings. The van der Waals surface area contributed by atoms with Crippen molar-refractivity contribution in [3.8, 4) is 0 Å². The van der Waals surface area contributed by atoms with E-state index in [9.17, 15) is 0 Å². The van der Waals surface area contributed by atoms with Gasteiger partial charge in [-0.1, -0.05) is 44.2 Å². The summed E-state index contributed by atoms with van der Waals surface area (Å²) in [5.74, 6) is 6.28. The average Bonchev–Trinajstić information content (AvgIpc) is 2.46. The first-order chi connectivity index (χ1) is 9.61. The van der Waals surface area contributed by atoms with Crippen molar-refractivity contribution in [2.45, 2.75) is 39.2 Å². The molecule has 0 bridgehead atoms. The number of aryl methyl sites for hydroxylation is 1. The van der Waals surface area contributed by atoms with E-state index in [2.05, 4.69) is 54.6 Å². The van der Waals surface area contributed by atoms with Crippen molar-refractivity contribution in [1.29, 1.82) is 0 Å². The van der Waals surface area contributed by atoms with Gasteiger partial charge in [-0.15, -0.1) is 0 Å². The molecule has 0 aliphatic rings. The van der Waals surface area contributed by atoms with E-state index in [0.717, 1.165) is 17.7 Å². The normalized spacial score (nSPS) is 12.7. The van der Waals surface area contributed by atoms with Gasteiger partial charge in [-0.3, -0.25) is 16.3 Å². The van der Waals surface area contributed by atoms with Crippen molar-refractivity contribution in [2.75, 3.05) is 0 Å². The molecule has 106 valence electrons. The number of nitrogens with two attached hydrogens (primary N) is 1. The largest absolute Gasteiger partial charge is 0.271 e. The van der Waals surface area contributed by atoms with Crippen LogP contribution in [0.25, 0.3) is 0 Å². The summed E-state index contributed by atoms with van der Waals surface area (Å²) in [5, 5.41) is 0. The molecule has 3 heteroatoms. The highest BCUT2D eigenvalue weighted by molar-refractivity contribution is 5.29. The molecule has 1 heterocycles. The fourth-order valence-corrected chi connectivity index (χ4v) is 2.40. The molecule has 0 amide bonds. The van der Waals surface area contributed by atoms with Gasteiger partial charge in [-0.05, 0) is 42.0 Å². The Bertz CT molecular complexity index is 546. The molecule has 0 saturated carbocycles. The summed E-state index contributed by atoms with van der Waals surface area (Å²) in [6.45, 7) is 6.43. The van der Waals surface area contributed by atoms with Crippen LogP contribution in [0.3, 0.4) is 0 Å². The maximum Gasteiger partial charge on any atom is 0.0518 e. The second kappa shape index (κ2) is 6.64. The fraction of sp³-hybridized carbons (Fsp3) is 0.353. The Labute approximate surface area is 121 Å². The van der Waals surface area contributed by atoms with Gasteiger partial charge in [-0.25, -0.2) is 0 Å². The first kappa shape index (κ1) is 14.7. The summed E-state index contributed by atoms with van der Waals surface area (Å²) >= 11 is 0. The molecule has 0 aliphatic heterocycles. The molecule has 3 nitrogen and oxygen atoms in total. The van der Waals surface area contributed by atoms with Crippen LogP contribution in [0.4, 0.5) is 0 Å². The monoisotopic (exact) mass is 269 g/mol. The average molecular weight is 269 g/mol. The van der Waals surface area contributed by atoms with Crippen molar-refractivity contribution in [3.05, 3.63) is 65.0 Å². The second-order valence-electron chi connectivity index (χ2n) is 5.50. The smallest absolute Gasteiger partial charge is 0.0518 e. The Hall–Kier alpha value is -1.71. The standard InChI is InChI=1S/C17H23N3/c1-12(2)15-8-6-14(7-9-15)11-17(20-18)16-5-4-10-19-13(16)3/h4-10,12,17,20H,11,18H2,1-3H3. The Morgan fingerprint density at radius 2 is 1.85 bits per heavy atom. The summed E-state index contributed by atoms with van der Waals surface area (Å²) in [7, 11) is 0. The topological polar surface area (TPSA) is 50.9 Å². The Morgan fingerprint density at radius 3 is 2.40 bits per heavy atom. The molecule has 2 rings (SSSR count). The van der Waals surface area contributed by atoms with Crippen LogP contribution in [0, 0.1) is 6.92 Å². The number of nitrogens with zero attached hydrogens (tertiary/aromatic N) is 1. The molecule has 1 aromatic carbocycles. The van der Waals surface area contributed by atoms with Crippen molar-refractivity contribution >= 4 is 0 Å². The van der Waals surface area contributed by atoms with Gasteiger partial charge in [0.25, 0.3) is 0 Å². The number of benzene rings is 1. The lowest BCUT2D eigenvalue weighted by molar-refractivity contribution is 0.547. The van der Waals surface area contributed by atoms with E-state index in [1.165, 1.54) is 11.1 Å². The van der Waals surface area contributed by atoms with Crippen LogP contribution < -0.4 is 11.3 Å². The van der Waals surface area contributed by atoms with Crippen LogP contribution in [0.1, 0.15) is 48.2 Å². The molecule has 0 radical (unpaired) electrons. The molecule has 0 aliphatic carbocycles. The first-order valence-electron chi connectivity index (χ1n) is 7.08. The highest BCUT2D eigenvalue weighted by Gasteiger charge is 2.13. The number of rotatable bonds is 5. The molecule has 0 spiro atoms. The number of pyridine rings is 1. The van der Waals surface area contributed by atoms with E-state index in [4.69, 9.17) is 5.84 Å². The molecule has 1 unspecified atom stereocenters. The maximum atomic E-state index is 5.72. The first-order valence-corrected chi connectivity index (χ1v) is 7.08. The molecule has 1 atom stereocenters. The van der Waals surface area contributed by atoms with E-state index < -0.39 is 0 Å². The van der Waals surface area contributed by atoms with Crippen molar-refractivity contribution < 1.29 is 0 Å². The van der Waals surface area contributed by atoms with Gasteiger partial charge in [0.05, 0.1) is 6.04 Å². The van der Waals surface area contributed by atoms with Gasteiger partial charge < -0.3 is 0 Å². The molecular formula is C17H23N3. The Kier molecular flexibility index (Phi) is 4.88. The molecule has 20 heavy (non-hydrogen) atoms. The van der Waals surface area contributed by atoms with Crippen LogP contribution >= 0.6 is 0 Å². The number of hydrogen-bond acceptors (Lipinski definition) is 3. The zero-order chi connectivity index (χ0) is 14.5. The summed E-state index contributed by atoms with van der Waals surface area (Å²) in [5.41, 5.74) is 7.73. The number of aromatic nitrogens is 1. The van der Waals surface area contributed by atoms with Crippen LogP contribution in [-0.4, -0.2) is 4.98 Å². The van der Waals surface area contributed by atoms with Crippen molar-refractivity contribution in [3.63, 3.8) is 0 Å². The van der Waals surface area contributed by atoms with E-state index in [0.29, 0.717) is 5.92 Å². The zero-order valence-corrected chi connectivity index (χ0v) is 12.4. The number of hydrogen-bond donors (Lipinski definition) is 2. The number of hydrazine groups is 1. The third kappa shape index (κ3) is 3.44.